The zero-order chi connectivity index (χ0) is 19.9. The number of alkyl halides is 3. The van der Waals surface area contributed by atoms with E-state index in [1.54, 1.807) is 6.07 Å². The Morgan fingerprint density at radius 1 is 1.30 bits per heavy atom. The van der Waals surface area contributed by atoms with Crippen LogP contribution in [0, 0.1) is 0 Å². The second kappa shape index (κ2) is 6.86. The number of rotatable bonds is 3. The van der Waals surface area contributed by atoms with Crippen molar-refractivity contribution in [3.63, 3.8) is 0 Å². The monoisotopic (exact) mass is 409 g/mol. The van der Waals surface area contributed by atoms with Crippen LogP contribution < -0.4 is 4.18 Å². The molecule has 2 aliphatic rings. The third kappa shape index (κ3) is 4.13. The lowest BCUT2D eigenvalue weighted by atomic mass is 9.83. The molecular formula is C16H18F3NO6S. The zero-order valence-corrected chi connectivity index (χ0v) is 14.9. The first-order chi connectivity index (χ1) is 12.5. The summed E-state index contributed by atoms with van der Waals surface area (Å²) in [5.41, 5.74) is -5.35. The van der Waals surface area contributed by atoms with Gasteiger partial charge in [0.15, 0.2) is 0 Å². The molecule has 7 nitrogen and oxygen atoms in total. The van der Waals surface area contributed by atoms with E-state index >= 15 is 0 Å². The van der Waals surface area contributed by atoms with Crippen molar-refractivity contribution in [3.8, 4) is 5.75 Å². The molecule has 27 heavy (non-hydrogen) atoms. The van der Waals surface area contributed by atoms with E-state index in [1.165, 1.54) is 17.0 Å². The summed E-state index contributed by atoms with van der Waals surface area (Å²) >= 11 is 0. The standard InChI is InChI=1S/C16H18F3NO6S/c17-16(18,19)27(23,24)26-13-3-1-2-11(8-13)12-9-15(25-10-12)4-6-20(7-5-15)14(21)22/h1-3,8,12H,4-7,9-10H2,(H,21,22). The van der Waals surface area contributed by atoms with E-state index in [2.05, 4.69) is 4.18 Å². The number of likely N-dealkylation sites (tertiary alicyclic amines) is 1. The van der Waals surface area contributed by atoms with Gasteiger partial charge in [0.05, 0.1) is 12.2 Å². The molecule has 11 heteroatoms. The van der Waals surface area contributed by atoms with Gasteiger partial charge in [-0.05, 0) is 37.0 Å². The average Bonchev–Trinajstić information content (AvgIpc) is 2.98. The van der Waals surface area contributed by atoms with Gasteiger partial charge < -0.3 is 18.9 Å². The molecule has 0 aliphatic carbocycles. The summed E-state index contributed by atoms with van der Waals surface area (Å²) in [5.74, 6) is -0.551. The number of amides is 1. The van der Waals surface area contributed by atoms with Crippen molar-refractivity contribution in [2.75, 3.05) is 19.7 Å². The minimum absolute atomic E-state index is 0.140. The predicted molar refractivity (Wildman–Crippen MR) is 86.9 cm³/mol. The van der Waals surface area contributed by atoms with Crippen LogP contribution in [0.3, 0.4) is 0 Å². The first-order valence-corrected chi connectivity index (χ1v) is 9.65. The summed E-state index contributed by atoms with van der Waals surface area (Å²) in [6.07, 6.45) is 0.675. The molecule has 0 aromatic heterocycles. The summed E-state index contributed by atoms with van der Waals surface area (Å²) in [6.45, 7) is 1.03. The maximum absolute atomic E-state index is 12.5. The highest BCUT2D eigenvalue weighted by Gasteiger charge is 2.49. The number of hydrogen-bond acceptors (Lipinski definition) is 5. The molecule has 150 valence electrons. The second-order valence-corrected chi connectivity index (χ2v) is 8.26. The lowest BCUT2D eigenvalue weighted by molar-refractivity contribution is -0.0500. The van der Waals surface area contributed by atoms with Gasteiger partial charge in [-0.1, -0.05) is 12.1 Å². The Balaban J connectivity index is 1.69. The van der Waals surface area contributed by atoms with Gasteiger partial charge in [0.25, 0.3) is 0 Å². The molecule has 0 bridgehead atoms. The summed E-state index contributed by atoms with van der Waals surface area (Å²) in [5, 5.41) is 9.02. The highest BCUT2D eigenvalue weighted by Crippen LogP contribution is 2.43. The first kappa shape index (κ1) is 19.7. The Hall–Kier alpha value is -2.01. The molecule has 1 amide bonds. The number of halogens is 3. The molecule has 2 saturated heterocycles. The lowest BCUT2D eigenvalue weighted by Gasteiger charge is -2.37. The number of carboxylic acid groups (broad SMARTS) is 1. The second-order valence-electron chi connectivity index (χ2n) is 6.72. The molecular weight excluding hydrogens is 391 g/mol. The Bertz CT molecular complexity index is 818. The maximum Gasteiger partial charge on any atom is 0.534 e. The van der Waals surface area contributed by atoms with E-state index in [1.807, 2.05) is 0 Å². The largest absolute Gasteiger partial charge is 0.534 e. The molecule has 1 atom stereocenters. The van der Waals surface area contributed by atoms with Crippen LogP contribution in [0.2, 0.25) is 0 Å². The van der Waals surface area contributed by atoms with Crippen molar-refractivity contribution in [1.29, 1.82) is 0 Å². The normalized spacial score (nSPS) is 22.8. The number of nitrogens with zero attached hydrogens (tertiary/aromatic N) is 1. The van der Waals surface area contributed by atoms with Crippen molar-refractivity contribution in [2.45, 2.75) is 36.3 Å². The van der Waals surface area contributed by atoms with Gasteiger partial charge in [-0.2, -0.15) is 21.6 Å². The molecule has 1 aromatic rings. The van der Waals surface area contributed by atoms with Gasteiger partial charge >= 0.3 is 21.7 Å². The molecule has 1 aromatic carbocycles. The molecule has 1 N–H and O–H groups in total. The van der Waals surface area contributed by atoms with Gasteiger partial charge in [0.2, 0.25) is 0 Å². The minimum atomic E-state index is -5.72. The predicted octanol–water partition coefficient (Wildman–Crippen LogP) is 2.93. The zero-order valence-electron chi connectivity index (χ0n) is 14.1. The van der Waals surface area contributed by atoms with E-state index in [4.69, 9.17) is 9.84 Å². The van der Waals surface area contributed by atoms with Gasteiger partial charge in [-0.15, -0.1) is 0 Å². The fraction of sp³-hybridized carbons (Fsp3) is 0.562. The van der Waals surface area contributed by atoms with Crippen LogP contribution in [0.1, 0.15) is 30.7 Å². The van der Waals surface area contributed by atoms with E-state index in [0.717, 1.165) is 6.07 Å². The molecule has 2 aliphatic heterocycles. The summed E-state index contributed by atoms with van der Waals surface area (Å²) in [4.78, 5) is 12.3. The fourth-order valence-electron chi connectivity index (χ4n) is 3.51. The van der Waals surface area contributed by atoms with Crippen molar-refractivity contribution < 1.29 is 40.4 Å². The Labute approximate surface area is 153 Å². The molecule has 2 heterocycles. The fourth-order valence-corrected chi connectivity index (χ4v) is 3.96. The number of ether oxygens (including phenoxy) is 1. The average molecular weight is 409 g/mol. The molecule has 0 saturated carbocycles. The Kier molecular flexibility index (Phi) is 5.02. The molecule has 0 radical (unpaired) electrons. The van der Waals surface area contributed by atoms with Crippen LogP contribution >= 0.6 is 0 Å². The molecule has 2 fully saturated rings. The summed E-state index contributed by atoms with van der Waals surface area (Å²) in [6, 6.07) is 5.51. The van der Waals surface area contributed by atoms with Crippen molar-refractivity contribution in [2.24, 2.45) is 0 Å². The summed E-state index contributed by atoms with van der Waals surface area (Å²) < 4.78 is 69.8. The van der Waals surface area contributed by atoms with Crippen LogP contribution in [-0.2, 0) is 14.9 Å². The quantitative estimate of drug-likeness (QED) is 0.610. The Morgan fingerprint density at radius 2 is 1.96 bits per heavy atom. The van der Waals surface area contributed by atoms with Gasteiger partial charge in [-0.25, -0.2) is 4.79 Å². The summed E-state index contributed by atoms with van der Waals surface area (Å²) in [7, 11) is -5.72. The van der Waals surface area contributed by atoms with Crippen molar-refractivity contribution in [3.05, 3.63) is 29.8 Å². The smallest absolute Gasteiger partial charge is 0.465 e. The van der Waals surface area contributed by atoms with E-state index in [9.17, 15) is 26.4 Å². The number of carbonyl (C=O) groups is 1. The lowest BCUT2D eigenvalue weighted by Crippen LogP contribution is -2.45. The van der Waals surface area contributed by atoms with Gasteiger partial charge in [0.1, 0.15) is 5.75 Å². The van der Waals surface area contributed by atoms with E-state index in [0.29, 0.717) is 44.5 Å². The number of hydrogen-bond donors (Lipinski definition) is 1. The first-order valence-electron chi connectivity index (χ1n) is 8.24. The highest BCUT2D eigenvalue weighted by molar-refractivity contribution is 7.88. The van der Waals surface area contributed by atoms with Crippen LogP contribution in [-0.4, -0.2) is 55.3 Å². The van der Waals surface area contributed by atoms with Crippen LogP contribution in [0.15, 0.2) is 24.3 Å². The third-order valence-corrected chi connectivity index (χ3v) is 5.95. The van der Waals surface area contributed by atoms with Crippen LogP contribution in [0.4, 0.5) is 18.0 Å². The van der Waals surface area contributed by atoms with Gasteiger partial charge in [-0.3, -0.25) is 0 Å². The van der Waals surface area contributed by atoms with E-state index < -0.39 is 33.1 Å². The minimum Gasteiger partial charge on any atom is -0.465 e. The Morgan fingerprint density at radius 3 is 2.56 bits per heavy atom. The number of benzene rings is 1. The van der Waals surface area contributed by atoms with Crippen LogP contribution in [0.25, 0.3) is 0 Å². The number of piperidine rings is 1. The van der Waals surface area contributed by atoms with Crippen molar-refractivity contribution in [1.82, 2.24) is 4.90 Å². The van der Waals surface area contributed by atoms with E-state index in [-0.39, 0.29) is 5.92 Å². The third-order valence-electron chi connectivity index (χ3n) is 4.97. The highest BCUT2D eigenvalue weighted by atomic mass is 32.2. The van der Waals surface area contributed by atoms with Crippen LogP contribution in [0.5, 0.6) is 5.75 Å². The topological polar surface area (TPSA) is 93.1 Å². The van der Waals surface area contributed by atoms with Gasteiger partial charge in [0, 0.05) is 19.0 Å². The molecule has 1 spiro atoms. The maximum atomic E-state index is 12.5. The molecule has 3 rings (SSSR count). The molecule has 1 unspecified atom stereocenters. The SMILES string of the molecule is O=C(O)N1CCC2(CC1)CC(c1cccc(OS(=O)(=O)C(F)(F)F)c1)CO2. The van der Waals surface area contributed by atoms with Crippen molar-refractivity contribution >= 4 is 16.2 Å².